The van der Waals surface area contributed by atoms with Gasteiger partial charge in [0.1, 0.15) is 0 Å². The van der Waals surface area contributed by atoms with Gasteiger partial charge in [-0.3, -0.25) is 4.98 Å². The fourth-order valence-electron chi connectivity index (χ4n) is 2.03. The van der Waals surface area contributed by atoms with Gasteiger partial charge in [-0.1, -0.05) is 42.5 Å². The number of nitrogens with zero attached hydrogens (tertiary/aromatic N) is 1. The molecule has 0 aliphatic carbocycles. The first-order valence-electron chi connectivity index (χ1n) is 6.79. The van der Waals surface area contributed by atoms with Crippen molar-refractivity contribution in [1.29, 1.82) is 0 Å². The van der Waals surface area contributed by atoms with Crippen molar-refractivity contribution < 1.29 is 0 Å². The predicted octanol–water partition coefficient (Wildman–Crippen LogP) is 3.68. The van der Waals surface area contributed by atoms with Crippen molar-refractivity contribution in [2.75, 3.05) is 18.1 Å². The molecule has 0 fully saturated rings. The van der Waals surface area contributed by atoms with E-state index in [4.69, 9.17) is 0 Å². The molecule has 2 nitrogen and oxygen atoms in total. The summed E-state index contributed by atoms with van der Waals surface area (Å²) in [4.78, 5) is 4.49. The molecule has 0 aliphatic heterocycles. The Hall–Kier alpha value is -1.58. The largest absolute Gasteiger partial charge is 0.304 e. The van der Waals surface area contributed by atoms with E-state index in [1.54, 1.807) is 0 Å². The molecule has 0 saturated carbocycles. The minimum Gasteiger partial charge on any atom is -0.304 e. The van der Waals surface area contributed by atoms with E-state index in [0.717, 1.165) is 23.7 Å². The number of nitrogens with one attached hydrogen (secondary N) is 1. The van der Waals surface area contributed by atoms with Crippen molar-refractivity contribution in [1.82, 2.24) is 10.3 Å². The number of benzene rings is 1. The first kappa shape index (κ1) is 14.8. The van der Waals surface area contributed by atoms with Gasteiger partial charge in [0.2, 0.25) is 0 Å². The minimum atomic E-state index is 0.154. The summed E-state index contributed by atoms with van der Waals surface area (Å²) in [5, 5.41) is 3.59. The van der Waals surface area contributed by atoms with Crippen LogP contribution in [-0.4, -0.2) is 23.0 Å². The maximum absolute atomic E-state index is 4.49. The lowest BCUT2D eigenvalue weighted by atomic mass is 10.0. The van der Waals surface area contributed by atoms with E-state index in [2.05, 4.69) is 47.2 Å². The van der Waals surface area contributed by atoms with Crippen LogP contribution in [0.1, 0.15) is 17.3 Å². The van der Waals surface area contributed by atoms with Crippen LogP contribution in [0.4, 0.5) is 0 Å². The monoisotopic (exact) mass is 284 g/mol. The lowest BCUT2D eigenvalue weighted by Crippen LogP contribution is -2.25. The molecule has 20 heavy (non-hydrogen) atoms. The number of rotatable bonds is 8. The number of aromatic nitrogens is 1. The Labute approximate surface area is 125 Å². The van der Waals surface area contributed by atoms with Crippen molar-refractivity contribution in [3.63, 3.8) is 0 Å². The molecule has 0 spiro atoms. The van der Waals surface area contributed by atoms with E-state index in [-0.39, 0.29) is 6.04 Å². The second-order valence-corrected chi connectivity index (χ2v) is 5.57. The van der Waals surface area contributed by atoms with Gasteiger partial charge in [0, 0.05) is 24.2 Å². The van der Waals surface area contributed by atoms with Gasteiger partial charge in [-0.2, -0.15) is 11.8 Å². The van der Waals surface area contributed by atoms with Gasteiger partial charge in [0.25, 0.3) is 0 Å². The second kappa shape index (κ2) is 8.56. The number of hydrogen-bond acceptors (Lipinski definition) is 3. The highest BCUT2D eigenvalue weighted by Gasteiger charge is 2.13. The predicted molar refractivity (Wildman–Crippen MR) is 88.0 cm³/mol. The Morgan fingerprint density at radius 2 is 1.95 bits per heavy atom. The van der Waals surface area contributed by atoms with Crippen molar-refractivity contribution in [3.05, 3.63) is 78.6 Å². The third kappa shape index (κ3) is 4.51. The Bertz CT molecular complexity index is 459. The first-order chi connectivity index (χ1) is 9.92. The highest BCUT2D eigenvalue weighted by atomic mass is 32.2. The summed E-state index contributed by atoms with van der Waals surface area (Å²) >= 11 is 1.88. The fraction of sp³-hybridized carbons (Fsp3) is 0.235. The van der Waals surface area contributed by atoms with Crippen LogP contribution in [0.5, 0.6) is 0 Å². The van der Waals surface area contributed by atoms with Crippen molar-refractivity contribution >= 4 is 11.8 Å². The summed E-state index contributed by atoms with van der Waals surface area (Å²) in [5.41, 5.74) is 2.31. The van der Waals surface area contributed by atoms with Crippen LogP contribution in [0.3, 0.4) is 0 Å². The zero-order valence-corrected chi connectivity index (χ0v) is 12.4. The Kier molecular flexibility index (Phi) is 6.35. The number of thioether (sulfide) groups is 1. The number of hydrogen-bond donors (Lipinski definition) is 1. The summed E-state index contributed by atoms with van der Waals surface area (Å²) in [7, 11) is 0. The summed E-state index contributed by atoms with van der Waals surface area (Å²) in [5.74, 6) is 2.07. The minimum absolute atomic E-state index is 0.154. The Morgan fingerprint density at radius 3 is 2.65 bits per heavy atom. The SMILES string of the molecule is C=CCSCCNC(c1ccccc1)c1ccccn1. The molecular formula is C17H20N2S. The summed E-state index contributed by atoms with van der Waals surface area (Å²) in [6.45, 7) is 4.69. The number of pyridine rings is 1. The molecule has 2 rings (SSSR count). The zero-order chi connectivity index (χ0) is 14.0. The summed E-state index contributed by atoms with van der Waals surface area (Å²) < 4.78 is 0. The van der Waals surface area contributed by atoms with E-state index in [1.807, 2.05) is 42.2 Å². The second-order valence-electron chi connectivity index (χ2n) is 4.42. The van der Waals surface area contributed by atoms with Crippen molar-refractivity contribution in [2.24, 2.45) is 0 Å². The molecule has 1 aromatic carbocycles. The molecule has 0 saturated heterocycles. The lowest BCUT2D eigenvalue weighted by molar-refractivity contribution is 0.619. The van der Waals surface area contributed by atoms with Crippen LogP contribution in [0.25, 0.3) is 0 Å². The normalized spacial score (nSPS) is 12.0. The van der Waals surface area contributed by atoms with Crippen molar-refractivity contribution in [2.45, 2.75) is 6.04 Å². The van der Waals surface area contributed by atoms with Gasteiger partial charge in [-0.05, 0) is 17.7 Å². The van der Waals surface area contributed by atoms with Gasteiger partial charge in [0.05, 0.1) is 11.7 Å². The van der Waals surface area contributed by atoms with Crippen LogP contribution in [0, 0.1) is 0 Å². The van der Waals surface area contributed by atoms with E-state index in [9.17, 15) is 0 Å². The smallest absolute Gasteiger partial charge is 0.0751 e. The quantitative estimate of drug-likeness (QED) is 0.591. The van der Waals surface area contributed by atoms with Crippen LogP contribution < -0.4 is 5.32 Å². The Balaban J connectivity index is 2.03. The third-order valence-electron chi connectivity index (χ3n) is 2.95. The van der Waals surface area contributed by atoms with Gasteiger partial charge in [-0.25, -0.2) is 0 Å². The highest BCUT2D eigenvalue weighted by molar-refractivity contribution is 7.99. The molecule has 0 radical (unpaired) electrons. The van der Waals surface area contributed by atoms with Gasteiger partial charge < -0.3 is 5.32 Å². The lowest BCUT2D eigenvalue weighted by Gasteiger charge is -2.18. The van der Waals surface area contributed by atoms with Crippen LogP contribution in [-0.2, 0) is 0 Å². The highest BCUT2D eigenvalue weighted by Crippen LogP contribution is 2.19. The molecule has 104 valence electrons. The molecule has 1 N–H and O–H groups in total. The molecule has 1 heterocycles. The first-order valence-corrected chi connectivity index (χ1v) is 7.95. The summed E-state index contributed by atoms with van der Waals surface area (Å²) in [6.07, 6.45) is 3.79. The van der Waals surface area contributed by atoms with Crippen LogP contribution in [0.15, 0.2) is 67.4 Å². The summed E-state index contributed by atoms with van der Waals surface area (Å²) in [6, 6.07) is 16.7. The van der Waals surface area contributed by atoms with Gasteiger partial charge in [-0.15, -0.1) is 6.58 Å². The molecule has 0 aliphatic rings. The molecule has 1 unspecified atom stereocenters. The van der Waals surface area contributed by atoms with Crippen LogP contribution >= 0.6 is 11.8 Å². The van der Waals surface area contributed by atoms with E-state index >= 15 is 0 Å². The maximum Gasteiger partial charge on any atom is 0.0751 e. The molecule has 1 atom stereocenters. The maximum atomic E-state index is 4.49. The van der Waals surface area contributed by atoms with Gasteiger partial charge in [0.15, 0.2) is 0 Å². The van der Waals surface area contributed by atoms with Crippen molar-refractivity contribution in [3.8, 4) is 0 Å². The molecular weight excluding hydrogens is 264 g/mol. The molecule has 0 amide bonds. The molecule has 1 aromatic heterocycles. The average Bonchev–Trinajstić information content (AvgIpc) is 2.53. The third-order valence-corrected chi connectivity index (χ3v) is 3.91. The molecule has 0 bridgehead atoms. The fourth-order valence-corrected chi connectivity index (χ4v) is 2.62. The topological polar surface area (TPSA) is 24.9 Å². The van der Waals surface area contributed by atoms with Gasteiger partial charge >= 0.3 is 0 Å². The Morgan fingerprint density at radius 1 is 1.15 bits per heavy atom. The average molecular weight is 284 g/mol. The van der Waals surface area contributed by atoms with E-state index in [0.29, 0.717) is 0 Å². The van der Waals surface area contributed by atoms with E-state index < -0.39 is 0 Å². The van der Waals surface area contributed by atoms with Crippen LogP contribution in [0.2, 0.25) is 0 Å². The molecule has 2 aromatic rings. The standard InChI is InChI=1S/C17H20N2S/c1-2-13-20-14-12-19-17(15-8-4-3-5-9-15)16-10-6-7-11-18-16/h2-11,17,19H,1,12-14H2. The molecule has 3 heteroatoms. The zero-order valence-electron chi connectivity index (χ0n) is 11.5. The van der Waals surface area contributed by atoms with E-state index in [1.165, 1.54) is 5.56 Å².